The third-order valence-corrected chi connectivity index (χ3v) is 5.25. The van der Waals surface area contributed by atoms with Crippen molar-refractivity contribution in [2.45, 2.75) is 25.9 Å². The van der Waals surface area contributed by atoms with Crippen molar-refractivity contribution in [3.63, 3.8) is 0 Å². The van der Waals surface area contributed by atoms with Gasteiger partial charge in [-0.3, -0.25) is 9.59 Å². The molecule has 0 aliphatic carbocycles. The molecule has 2 amide bonds. The minimum atomic E-state index is -0.156. The number of likely N-dealkylation sites (tertiary alicyclic amines) is 1. The second-order valence-electron chi connectivity index (χ2n) is 7.49. The lowest BCUT2D eigenvalue weighted by Gasteiger charge is -2.26. The molecule has 2 aromatic rings. The molecule has 154 valence electrons. The van der Waals surface area contributed by atoms with Gasteiger partial charge in [0.25, 0.3) is 0 Å². The van der Waals surface area contributed by atoms with E-state index in [2.05, 4.69) is 5.32 Å². The topological polar surface area (TPSA) is 78.7 Å². The molecule has 1 aliphatic heterocycles. The molecular weight excluding hydrogens is 388 g/mol. The van der Waals surface area contributed by atoms with Gasteiger partial charge in [0.1, 0.15) is 0 Å². The summed E-state index contributed by atoms with van der Waals surface area (Å²) in [6.45, 7) is 3.86. The van der Waals surface area contributed by atoms with E-state index in [1.54, 1.807) is 15.9 Å². The lowest BCUT2D eigenvalue weighted by molar-refractivity contribution is -0.128. The van der Waals surface area contributed by atoms with Crippen molar-refractivity contribution in [3.05, 3.63) is 64.7 Å². The number of hydrogen-bond acceptors (Lipinski definition) is 4. The first-order valence-electron chi connectivity index (χ1n) is 9.77. The van der Waals surface area contributed by atoms with Crippen LogP contribution in [0.1, 0.15) is 17.5 Å². The Morgan fingerprint density at radius 2 is 1.97 bits per heavy atom. The fourth-order valence-electron chi connectivity index (χ4n) is 3.35. The van der Waals surface area contributed by atoms with Gasteiger partial charge in [0, 0.05) is 36.4 Å². The van der Waals surface area contributed by atoms with E-state index < -0.39 is 0 Å². The zero-order valence-electron chi connectivity index (χ0n) is 16.6. The number of nitrogens with zero attached hydrogens (tertiary/aromatic N) is 2. The summed E-state index contributed by atoms with van der Waals surface area (Å²) in [6, 6.07) is 15.2. The zero-order valence-corrected chi connectivity index (χ0v) is 17.4. The van der Waals surface area contributed by atoms with Gasteiger partial charge >= 0.3 is 0 Å². The van der Waals surface area contributed by atoms with Crippen LogP contribution < -0.4 is 16.0 Å². The Morgan fingerprint density at radius 3 is 2.62 bits per heavy atom. The van der Waals surface area contributed by atoms with E-state index in [1.807, 2.05) is 49.4 Å². The fourth-order valence-corrected chi connectivity index (χ4v) is 3.56. The van der Waals surface area contributed by atoms with E-state index in [0.29, 0.717) is 24.7 Å². The molecular formula is C22H27ClN4O2. The average Bonchev–Trinajstić information content (AvgIpc) is 3.13. The molecule has 1 unspecified atom stereocenters. The summed E-state index contributed by atoms with van der Waals surface area (Å²) in [5.41, 5.74) is 8.81. The van der Waals surface area contributed by atoms with Crippen molar-refractivity contribution < 1.29 is 9.59 Å². The minimum Gasteiger partial charge on any atom is -0.353 e. The Labute approximate surface area is 176 Å². The monoisotopic (exact) mass is 414 g/mol. The van der Waals surface area contributed by atoms with Crippen LogP contribution in [0.25, 0.3) is 0 Å². The van der Waals surface area contributed by atoms with E-state index in [-0.39, 0.29) is 30.9 Å². The van der Waals surface area contributed by atoms with Gasteiger partial charge in [0.05, 0.1) is 13.1 Å². The number of benzene rings is 2. The number of nitrogens with one attached hydrogen (secondary N) is 1. The van der Waals surface area contributed by atoms with Gasteiger partial charge in [-0.2, -0.15) is 0 Å². The molecule has 1 fully saturated rings. The van der Waals surface area contributed by atoms with Gasteiger partial charge in [-0.25, -0.2) is 0 Å². The van der Waals surface area contributed by atoms with Crippen LogP contribution in [0.2, 0.25) is 5.02 Å². The van der Waals surface area contributed by atoms with Crippen LogP contribution in [0.4, 0.5) is 5.69 Å². The highest BCUT2D eigenvalue weighted by molar-refractivity contribution is 6.30. The predicted octanol–water partition coefficient (Wildman–Crippen LogP) is 2.33. The van der Waals surface area contributed by atoms with Gasteiger partial charge in [-0.05, 0) is 43.2 Å². The average molecular weight is 415 g/mol. The number of anilines is 1. The first-order chi connectivity index (χ1) is 13.9. The fraction of sp³-hybridized carbons (Fsp3) is 0.364. The second kappa shape index (κ2) is 9.76. The molecule has 0 spiro atoms. The largest absolute Gasteiger partial charge is 0.353 e. The Morgan fingerprint density at radius 1 is 1.21 bits per heavy atom. The van der Waals surface area contributed by atoms with Crippen molar-refractivity contribution in [2.75, 3.05) is 31.1 Å². The van der Waals surface area contributed by atoms with Gasteiger partial charge in [-0.15, -0.1) is 0 Å². The summed E-state index contributed by atoms with van der Waals surface area (Å²) in [7, 11) is 0. The maximum Gasteiger partial charge on any atom is 0.242 e. The number of halogens is 1. The van der Waals surface area contributed by atoms with Crippen molar-refractivity contribution in [3.8, 4) is 0 Å². The van der Waals surface area contributed by atoms with Crippen molar-refractivity contribution in [1.82, 2.24) is 10.2 Å². The molecule has 0 radical (unpaired) electrons. The van der Waals surface area contributed by atoms with E-state index in [1.165, 1.54) is 0 Å². The van der Waals surface area contributed by atoms with E-state index in [0.717, 1.165) is 23.2 Å². The first-order valence-corrected chi connectivity index (χ1v) is 10.1. The van der Waals surface area contributed by atoms with Crippen LogP contribution in [-0.2, 0) is 16.1 Å². The number of rotatable bonds is 7. The smallest absolute Gasteiger partial charge is 0.242 e. The van der Waals surface area contributed by atoms with Crippen molar-refractivity contribution in [1.29, 1.82) is 0 Å². The molecule has 0 saturated carbocycles. The highest BCUT2D eigenvalue weighted by Crippen LogP contribution is 2.16. The molecule has 1 saturated heterocycles. The molecule has 7 heteroatoms. The molecule has 1 heterocycles. The lowest BCUT2D eigenvalue weighted by atomic mass is 10.2. The third kappa shape index (κ3) is 6.21. The van der Waals surface area contributed by atoms with Gasteiger partial charge < -0.3 is 20.9 Å². The number of hydrogen-bond donors (Lipinski definition) is 2. The summed E-state index contributed by atoms with van der Waals surface area (Å²) in [4.78, 5) is 28.9. The molecule has 0 aromatic heterocycles. The van der Waals surface area contributed by atoms with E-state index in [4.69, 9.17) is 17.3 Å². The molecule has 6 nitrogen and oxygen atoms in total. The predicted molar refractivity (Wildman–Crippen MR) is 116 cm³/mol. The number of carbonyl (C=O) groups is 2. The summed E-state index contributed by atoms with van der Waals surface area (Å²) in [6.07, 6.45) is 0.816. The second-order valence-corrected chi connectivity index (χ2v) is 7.92. The van der Waals surface area contributed by atoms with Crippen LogP contribution in [0.5, 0.6) is 0 Å². The van der Waals surface area contributed by atoms with Crippen LogP contribution in [-0.4, -0.2) is 48.9 Å². The highest BCUT2D eigenvalue weighted by atomic mass is 35.5. The molecule has 1 aliphatic rings. The number of carbonyl (C=O) groups excluding carboxylic acids is 2. The normalized spacial score (nSPS) is 16.0. The molecule has 29 heavy (non-hydrogen) atoms. The number of amides is 2. The Bertz CT molecular complexity index is 856. The molecule has 3 rings (SSSR count). The quantitative estimate of drug-likeness (QED) is 0.728. The SMILES string of the molecule is Cc1ccc(N(CC(=O)NCc2cccc(Cl)c2)CC(=O)N2CCC(N)C2)cc1. The Kier molecular flexibility index (Phi) is 7.12. The van der Waals surface area contributed by atoms with E-state index in [9.17, 15) is 9.59 Å². The number of nitrogens with two attached hydrogens (primary N) is 1. The zero-order chi connectivity index (χ0) is 20.8. The maximum atomic E-state index is 12.7. The molecule has 2 aromatic carbocycles. The van der Waals surface area contributed by atoms with Crippen molar-refractivity contribution in [2.24, 2.45) is 5.73 Å². The molecule has 1 atom stereocenters. The Hall–Kier alpha value is -2.57. The van der Waals surface area contributed by atoms with Gasteiger partial charge in [-0.1, -0.05) is 41.4 Å². The summed E-state index contributed by atoms with van der Waals surface area (Å²) < 4.78 is 0. The number of aryl methyl sites for hydroxylation is 1. The molecule has 0 bridgehead atoms. The molecule has 3 N–H and O–H groups in total. The Balaban J connectivity index is 1.64. The summed E-state index contributed by atoms with van der Waals surface area (Å²) in [5.74, 6) is -0.169. The van der Waals surface area contributed by atoms with Crippen LogP contribution in [0.3, 0.4) is 0 Å². The van der Waals surface area contributed by atoms with Gasteiger partial charge in [0.2, 0.25) is 11.8 Å². The lowest BCUT2D eigenvalue weighted by Crippen LogP contribution is -2.44. The van der Waals surface area contributed by atoms with Gasteiger partial charge in [0.15, 0.2) is 0 Å². The highest BCUT2D eigenvalue weighted by Gasteiger charge is 2.25. The van der Waals surface area contributed by atoms with Crippen LogP contribution in [0.15, 0.2) is 48.5 Å². The summed E-state index contributed by atoms with van der Waals surface area (Å²) >= 11 is 6.00. The van der Waals surface area contributed by atoms with E-state index >= 15 is 0 Å². The minimum absolute atomic E-state index is 0.0128. The first kappa shape index (κ1) is 21.1. The van der Waals surface area contributed by atoms with Crippen LogP contribution in [0, 0.1) is 6.92 Å². The van der Waals surface area contributed by atoms with Crippen LogP contribution >= 0.6 is 11.6 Å². The summed E-state index contributed by atoms with van der Waals surface area (Å²) in [5, 5.41) is 3.54. The standard InChI is InChI=1S/C22H27ClN4O2/c1-16-5-7-20(8-6-16)27(15-22(29)26-10-9-19(24)13-26)14-21(28)25-12-17-3-2-4-18(23)11-17/h2-8,11,19H,9-10,12-15,24H2,1H3,(H,25,28). The third-order valence-electron chi connectivity index (χ3n) is 5.02. The maximum absolute atomic E-state index is 12.7. The van der Waals surface area contributed by atoms with Crippen molar-refractivity contribution >= 4 is 29.1 Å².